The van der Waals surface area contributed by atoms with E-state index in [4.69, 9.17) is 11.6 Å². The first-order valence-corrected chi connectivity index (χ1v) is 4.88. The molecule has 76 valence electrons. The molecule has 1 unspecified atom stereocenters. The highest BCUT2D eigenvalue weighted by Gasteiger charge is 2.14. The summed E-state index contributed by atoms with van der Waals surface area (Å²) in [7, 11) is 0. The summed E-state index contributed by atoms with van der Waals surface area (Å²) >= 11 is 5.91. The summed E-state index contributed by atoms with van der Waals surface area (Å²) < 4.78 is 13.4. The summed E-state index contributed by atoms with van der Waals surface area (Å²) in [5.41, 5.74) is 0.464. The second kappa shape index (κ2) is 5.13. The molecular formula is C11H13ClFN. The van der Waals surface area contributed by atoms with Crippen LogP contribution in [0.5, 0.6) is 0 Å². The van der Waals surface area contributed by atoms with Crippen molar-refractivity contribution in [3.63, 3.8) is 0 Å². The third kappa shape index (κ3) is 2.34. The van der Waals surface area contributed by atoms with Crippen molar-refractivity contribution in [1.82, 2.24) is 5.32 Å². The van der Waals surface area contributed by atoms with Crippen molar-refractivity contribution in [2.75, 3.05) is 6.54 Å². The van der Waals surface area contributed by atoms with Gasteiger partial charge in [0, 0.05) is 10.6 Å². The summed E-state index contributed by atoms with van der Waals surface area (Å²) in [6.07, 6.45) is 1.65. The Kier molecular flexibility index (Phi) is 4.11. The topological polar surface area (TPSA) is 12.0 Å². The quantitative estimate of drug-likeness (QED) is 0.757. The van der Waals surface area contributed by atoms with Crippen molar-refractivity contribution in [2.24, 2.45) is 0 Å². The van der Waals surface area contributed by atoms with Crippen molar-refractivity contribution >= 4 is 11.6 Å². The Balaban J connectivity index is 3.08. The molecule has 1 atom stereocenters. The fourth-order valence-electron chi connectivity index (χ4n) is 1.33. The van der Waals surface area contributed by atoms with E-state index in [0.29, 0.717) is 10.6 Å². The van der Waals surface area contributed by atoms with E-state index in [9.17, 15) is 4.39 Å². The molecule has 0 aliphatic rings. The van der Waals surface area contributed by atoms with Gasteiger partial charge in [-0.25, -0.2) is 4.39 Å². The van der Waals surface area contributed by atoms with Crippen LogP contribution >= 0.6 is 11.6 Å². The summed E-state index contributed by atoms with van der Waals surface area (Å²) in [5, 5.41) is 3.51. The van der Waals surface area contributed by atoms with E-state index >= 15 is 0 Å². The van der Waals surface area contributed by atoms with E-state index in [2.05, 4.69) is 11.9 Å². The molecule has 0 aromatic heterocycles. The van der Waals surface area contributed by atoms with Crippen molar-refractivity contribution in [1.29, 1.82) is 0 Å². The highest BCUT2D eigenvalue weighted by atomic mass is 35.5. The molecule has 0 bridgehead atoms. The van der Waals surface area contributed by atoms with Gasteiger partial charge in [-0.1, -0.05) is 30.7 Å². The third-order valence-electron chi connectivity index (χ3n) is 1.97. The van der Waals surface area contributed by atoms with Gasteiger partial charge in [0.25, 0.3) is 0 Å². The SMILES string of the molecule is C=CC(NCC)c1c(F)cccc1Cl. The molecule has 0 amide bonds. The van der Waals surface area contributed by atoms with Crippen LogP contribution in [0.2, 0.25) is 5.02 Å². The van der Waals surface area contributed by atoms with E-state index in [1.54, 1.807) is 18.2 Å². The van der Waals surface area contributed by atoms with E-state index in [1.165, 1.54) is 6.07 Å². The molecule has 0 aliphatic carbocycles. The second-order valence-corrected chi connectivity index (χ2v) is 3.31. The van der Waals surface area contributed by atoms with Crippen LogP contribution in [0.4, 0.5) is 4.39 Å². The van der Waals surface area contributed by atoms with Crippen LogP contribution in [0.3, 0.4) is 0 Å². The van der Waals surface area contributed by atoms with Crippen molar-refractivity contribution in [2.45, 2.75) is 13.0 Å². The molecule has 0 saturated carbocycles. The van der Waals surface area contributed by atoms with E-state index in [0.717, 1.165) is 6.54 Å². The first-order valence-electron chi connectivity index (χ1n) is 4.50. The van der Waals surface area contributed by atoms with Crippen LogP contribution in [0, 0.1) is 5.82 Å². The number of hydrogen-bond donors (Lipinski definition) is 1. The Morgan fingerprint density at radius 1 is 1.64 bits per heavy atom. The minimum atomic E-state index is -0.302. The van der Waals surface area contributed by atoms with E-state index in [-0.39, 0.29) is 11.9 Å². The van der Waals surface area contributed by atoms with Gasteiger partial charge in [0.1, 0.15) is 5.82 Å². The summed E-state index contributed by atoms with van der Waals surface area (Å²) in [6.45, 7) is 6.34. The number of likely N-dealkylation sites (N-methyl/N-ethyl adjacent to an activating group) is 1. The lowest BCUT2D eigenvalue weighted by molar-refractivity contribution is 0.567. The Morgan fingerprint density at radius 3 is 2.86 bits per heavy atom. The predicted molar refractivity (Wildman–Crippen MR) is 58.0 cm³/mol. The van der Waals surface area contributed by atoms with Gasteiger partial charge in [0.05, 0.1) is 6.04 Å². The number of hydrogen-bond acceptors (Lipinski definition) is 1. The molecule has 0 radical (unpaired) electrons. The zero-order valence-electron chi connectivity index (χ0n) is 8.06. The average molecular weight is 214 g/mol. The van der Waals surface area contributed by atoms with Crippen LogP contribution in [0.1, 0.15) is 18.5 Å². The fraction of sp³-hybridized carbons (Fsp3) is 0.273. The van der Waals surface area contributed by atoms with Crippen molar-refractivity contribution < 1.29 is 4.39 Å². The van der Waals surface area contributed by atoms with Gasteiger partial charge >= 0.3 is 0 Å². The van der Waals surface area contributed by atoms with Crippen LogP contribution in [0.25, 0.3) is 0 Å². The predicted octanol–water partition coefficient (Wildman–Crippen LogP) is 3.32. The molecule has 1 rings (SSSR count). The first-order chi connectivity index (χ1) is 6.70. The molecule has 0 fully saturated rings. The maximum Gasteiger partial charge on any atom is 0.129 e. The Bertz CT molecular complexity index is 305. The Labute approximate surface area is 88.6 Å². The van der Waals surface area contributed by atoms with Gasteiger partial charge < -0.3 is 5.32 Å². The number of rotatable bonds is 4. The fourth-order valence-corrected chi connectivity index (χ4v) is 1.61. The zero-order chi connectivity index (χ0) is 10.6. The molecule has 0 aliphatic heterocycles. The van der Waals surface area contributed by atoms with E-state index in [1.807, 2.05) is 6.92 Å². The molecule has 1 N–H and O–H groups in total. The third-order valence-corrected chi connectivity index (χ3v) is 2.30. The molecule has 0 heterocycles. The summed E-state index contributed by atoms with van der Waals surface area (Å²) in [4.78, 5) is 0. The second-order valence-electron chi connectivity index (χ2n) is 2.91. The van der Waals surface area contributed by atoms with Gasteiger partial charge in [-0.3, -0.25) is 0 Å². The normalized spacial score (nSPS) is 12.5. The molecule has 1 aromatic carbocycles. The number of nitrogens with one attached hydrogen (secondary N) is 1. The van der Waals surface area contributed by atoms with Crippen molar-refractivity contribution in [3.05, 3.63) is 47.3 Å². The van der Waals surface area contributed by atoms with Crippen LogP contribution in [-0.4, -0.2) is 6.54 Å². The molecule has 1 nitrogen and oxygen atoms in total. The minimum Gasteiger partial charge on any atom is -0.307 e. The lowest BCUT2D eigenvalue weighted by atomic mass is 10.1. The van der Waals surface area contributed by atoms with E-state index < -0.39 is 0 Å². The number of halogens is 2. The Morgan fingerprint density at radius 2 is 2.36 bits per heavy atom. The van der Waals surface area contributed by atoms with Crippen molar-refractivity contribution in [3.8, 4) is 0 Å². The highest BCUT2D eigenvalue weighted by Crippen LogP contribution is 2.26. The van der Waals surface area contributed by atoms with Crippen LogP contribution < -0.4 is 5.32 Å². The number of benzene rings is 1. The minimum absolute atomic E-state index is 0.228. The molecule has 0 spiro atoms. The van der Waals surface area contributed by atoms with Gasteiger partial charge in [-0.15, -0.1) is 6.58 Å². The molecule has 1 aromatic rings. The van der Waals surface area contributed by atoms with Gasteiger partial charge in [-0.05, 0) is 18.7 Å². The highest BCUT2D eigenvalue weighted by molar-refractivity contribution is 6.31. The van der Waals surface area contributed by atoms with Gasteiger partial charge in [-0.2, -0.15) is 0 Å². The van der Waals surface area contributed by atoms with Crippen LogP contribution in [0.15, 0.2) is 30.9 Å². The Hall–Kier alpha value is -0.860. The molecule has 0 saturated heterocycles. The lowest BCUT2D eigenvalue weighted by Crippen LogP contribution is -2.20. The summed E-state index contributed by atoms with van der Waals surface area (Å²) in [5.74, 6) is -0.302. The smallest absolute Gasteiger partial charge is 0.129 e. The average Bonchev–Trinajstić information content (AvgIpc) is 2.16. The lowest BCUT2D eigenvalue weighted by Gasteiger charge is -2.15. The van der Waals surface area contributed by atoms with Gasteiger partial charge in [0.15, 0.2) is 0 Å². The monoisotopic (exact) mass is 213 g/mol. The molecular weight excluding hydrogens is 201 g/mol. The zero-order valence-corrected chi connectivity index (χ0v) is 8.81. The maximum atomic E-state index is 13.4. The first kappa shape index (κ1) is 11.2. The van der Waals surface area contributed by atoms with Crippen LogP contribution in [-0.2, 0) is 0 Å². The summed E-state index contributed by atoms with van der Waals surface area (Å²) in [6, 6.07) is 4.43. The largest absolute Gasteiger partial charge is 0.307 e. The molecule has 3 heteroatoms. The standard InChI is InChI=1S/C11H13ClFN/c1-3-10(14-4-2)11-8(12)6-5-7-9(11)13/h3,5-7,10,14H,1,4H2,2H3. The maximum absolute atomic E-state index is 13.4. The van der Waals surface area contributed by atoms with Gasteiger partial charge in [0.2, 0.25) is 0 Å². The molecule has 14 heavy (non-hydrogen) atoms.